The molecule has 1 amide bonds. The number of benzene rings is 2. The van der Waals surface area contributed by atoms with E-state index in [1.165, 1.54) is 23.1 Å². The van der Waals surface area contributed by atoms with Crippen LogP contribution in [0.1, 0.15) is 5.56 Å². The van der Waals surface area contributed by atoms with E-state index < -0.39 is 0 Å². The molecule has 0 aliphatic carbocycles. The summed E-state index contributed by atoms with van der Waals surface area (Å²) in [6.45, 7) is 0.581. The van der Waals surface area contributed by atoms with E-state index >= 15 is 0 Å². The molecule has 0 radical (unpaired) electrons. The third kappa shape index (κ3) is 6.12. The molecule has 2 N–H and O–H groups in total. The van der Waals surface area contributed by atoms with Crippen LogP contribution in [0.15, 0.2) is 52.9 Å². The monoisotopic (exact) mass is 434 g/mol. The molecule has 0 aliphatic rings. The minimum absolute atomic E-state index is 0.0339. The van der Waals surface area contributed by atoms with Crippen LogP contribution in [-0.2, 0) is 11.2 Å². The molecule has 28 heavy (non-hydrogen) atoms. The van der Waals surface area contributed by atoms with Crippen molar-refractivity contribution in [2.24, 2.45) is 0 Å². The number of nitrogens with zero attached hydrogens (tertiary/aromatic N) is 2. The minimum Gasteiger partial charge on any atom is -0.495 e. The Morgan fingerprint density at radius 2 is 1.96 bits per heavy atom. The molecule has 1 heterocycles. The lowest BCUT2D eigenvalue weighted by Gasteiger charge is -2.07. The van der Waals surface area contributed by atoms with Gasteiger partial charge in [-0.3, -0.25) is 4.79 Å². The van der Waals surface area contributed by atoms with Crippen LogP contribution in [0, 0.1) is 0 Å². The summed E-state index contributed by atoms with van der Waals surface area (Å²) in [4.78, 5) is 12.0. The number of carbonyl (C=O) groups is 1. The van der Waals surface area contributed by atoms with E-state index in [9.17, 15) is 4.79 Å². The highest BCUT2D eigenvalue weighted by Crippen LogP contribution is 2.31. The van der Waals surface area contributed by atoms with Crippen LogP contribution in [0.25, 0.3) is 0 Å². The van der Waals surface area contributed by atoms with E-state index in [1.54, 1.807) is 7.11 Å². The van der Waals surface area contributed by atoms with Gasteiger partial charge >= 0.3 is 0 Å². The highest BCUT2D eigenvalue weighted by molar-refractivity contribution is 8.01. The maximum absolute atomic E-state index is 12.0. The number of hydrogen-bond donors (Lipinski definition) is 2. The fourth-order valence-corrected chi connectivity index (χ4v) is 4.08. The Morgan fingerprint density at radius 3 is 2.75 bits per heavy atom. The largest absolute Gasteiger partial charge is 0.495 e. The summed E-state index contributed by atoms with van der Waals surface area (Å²) in [5.41, 5.74) is 1.95. The number of carbonyl (C=O) groups excluding carboxylic acids is 1. The molecule has 146 valence electrons. The highest BCUT2D eigenvalue weighted by Gasteiger charge is 2.10. The number of hydrogen-bond acceptors (Lipinski definition) is 7. The van der Waals surface area contributed by atoms with E-state index in [4.69, 9.17) is 16.3 Å². The van der Waals surface area contributed by atoms with Gasteiger partial charge in [0.1, 0.15) is 5.75 Å². The number of halogens is 1. The van der Waals surface area contributed by atoms with E-state index in [1.807, 2.05) is 48.5 Å². The Hall–Kier alpha value is -2.29. The average molecular weight is 435 g/mol. The Morgan fingerprint density at radius 1 is 1.18 bits per heavy atom. The quantitative estimate of drug-likeness (QED) is 0.486. The number of para-hydroxylation sites is 2. The van der Waals surface area contributed by atoms with Crippen LogP contribution in [0.4, 0.5) is 10.8 Å². The summed E-state index contributed by atoms with van der Waals surface area (Å²) >= 11 is 8.62. The second-order valence-electron chi connectivity index (χ2n) is 5.71. The molecule has 0 saturated heterocycles. The molecule has 3 aromatic rings. The molecule has 0 saturated carbocycles. The van der Waals surface area contributed by atoms with Crippen molar-refractivity contribution >= 4 is 51.4 Å². The first-order chi connectivity index (χ1) is 13.6. The van der Waals surface area contributed by atoms with Gasteiger partial charge in [-0.25, -0.2) is 0 Å². The average Bonchev–Trinajstić information content (AvgIpc) is 3.16. The minimum atomic E-state index is -0.0339. The normalized spacial score (nSPS) is 10.5. The smallest absolute Gasteiger partial charge is 0.230 e. The van der Waals surface area contributed by atoms with Gasteiger partial charge in [-0.15, -0.1) is 10.2 Å². The molecule has 0 unspecified atom stereocenters. The maximum Gasteiger partial charge on any atom is 0.230 e. The Labute approximate surface area is 176 Å². The lowest BCUT2D eigenvalue weighted by atomic mass is 10.1. The van der Waals surface area contributed by atoms with Gasteiger partial charge in [-0.05, 0) is 36.2 Å². The number of ether oxygens (including phenoxy) is 1. The topological polar surface area (TPSA) is 76.1 Å². The Balaban J connectivity index is 1.42. The van der Waals surface area contributed by atoms with Gasteiger partial charge in [-0.2, -0.15) is 0 Å². The van der Waals surface area contributed by atoms with Gasteiger partial charge in [0.25, 0.3) is 0 Å². The summed E-state index contributed by atoms with van der Waals surface area (Å²) in [5.74, 6) is 0.990. The van der Waals surface area contributed by atoms with Crippen molar-refractivity contribution in [2.45, 2.75) is 10.8 Å². The van der Waals surface area contributed by atoms with Crippen LogP contribution in [0.5, 0.6) is 5.75 Å². The summed E-state index contributed by atoms with van der Waals surface area (Å²) in [6.07, 6.45) is 0.763. The first kappa shape index (κ1) is 20.4. The number of thioether (sulfide) groups is 1. The van der Waals surface area contributed by atoms with Crippen LogP contribution in [0.2, 0.25) is 5.02 Å². The number of rotatable bonds is 9. The summed E-state index contributed by atoms with van der Waals surface area (Å²) in [5, 5.41) is 15.7. The standard InChI is InChI=1S/C19H19ClN4O2S2/c1-26-16-5-3-2-4-15(16)22-18-23-24-19(28-18)27-12-17(25)21-11-10-13-6-8-14(20)9-7-13/h2-9H,10-12H2,1H3,(H,21,25)(H,22,23). The van der Waals surface area contributed by atoms with Gasteiger partial charge in [0, 0.05) is 11.6 Å². The SMILES string of the molecule is COc1ccccc1Nc1nnc(SCC(=O)NCCc2ccc(Cl)cc2)s1. The lowest BCUT2D eigenvalue weighted by molar-refractivity contribution is -0.118. The molecule has 0 spiro atoms. The van der Waals surface area contributed by atoms with Gasteiger partial charge in [0.05, 0.1) is 18.6 Å². The summed E-state index contributed by atoms with van der Waals surface area (Å²) in [7, 11) is 1.62. The van der Waals surface area contributed by atoms with E-state index in [-0.39, 0.29) is 5.91 Å². The van der Waals surface area contributed by atoms with Crippen molar-refractivity contribution in [3.05, 3.63) is 59.1 Å². The van der Waals surface area contributed by atoms with Crippen molar-refractivity contribution in [3.8, 4) is 5.75 Å². The van der Waals surface area contributed by atoms with Crippen molar-refractivity contribution in [3.63, 3.8) is 0 Å². The predicted octanol–water partition coefficient (Wildman–Crippen LogP) is 4.39. The number of aromatic nitrogens is 2. The van der Waals surface area contributed by atoms with E-state index in [2.05, 4.69) is 20.8 Å². The Bertz CT molecular complexity index is 918. The fraction of sp³-hybridized carbons (Fsp3) is 0.211. The third-order valence-electron chi connectivity index (χ3n) is 3.73. The first-order valence-corrected chi connectivity index (χ1v) is 10.7. The molecule has 0 atom stereocenters. The zero-order chi connectivity index (χ0) is 19.8. The van der Waals surface area contributed by atoms with Crippen molar-refractivity contribution in [2.75, 3.05) is 24.7 Å². The van der Waals surface area contributed by atoms with Gasteiger partial charge in [0.15, 0.2) is 4.34 Å². The third-order valence-corrected chi connectivity index (χ3v) is 5.95. The molecular weight excluding hydrogens is 416 g/mol. The van der Waals surface area contributed by atoms with Crippen LogP contribution in [-0.4, -0.2) is 35.5 Å². The molecule has 0 fully saturated rings. The fourth-order valence-electron chi connectivity index (χ4n) is 2.36. The van der Waals surface area contributed by atoms with Crippen LogP contribution >= 0.6 is 34.7 Å². The van der Waals surface area contributed by atoms with Gasteiger partial charge in [0.2, 0.25) is 11.0 Å². The van der Waals surface area contributed by atoms with Crippen LogP contribution < -0.4 is 15.4 Å². The molecule has 3 rings (SSSR count). The summed E-state index contributed by atoms with van der Waals surface area (Å²) < 4.78 is 6.03. The first-order valence-electron chi connectivity index (χ1n) is 8.51. The molecule has 6 nitrogen and oxygen atoms in total. The maximum atomic E-state index is 12.0. The molecular formula is C19H19ClN4O2S2. The number of nitrogens with one attached hydrogen (secondary N) is 2. The number of anilines is 2. The van der Waals surface area contributed by atoms with Gasteiger partial charge < -0.3 is 15.4 Å². The molecule has 2 aromatic carbocycles. The predicted molar refractivity (Wildman–Crippen MR) is 115 cm³/mol. The number of methoxy groups -OCH3 is 1. The zero-order valence-electron chi connectivity index (χ0n) is 15.1. The van der Waals surface area contributed by atoms with Crippen molar-refractivity contribution < 1.29 is 9.53 Å². The highest BCUT2D eigenvalue weighted by atomic mass is 35.5. The van der Waals surface area contributed by atoms with Crippen molar-refractivity contribution in [1.29, 1.82) is 0 Å². The number of amides is 1. The van der Waals surface area contributed by atoms with Crippen LogP contribution in [0.3, 0.4) is 0 Å². The second-order valence-corrected chi connectivity index (χ2v) is 8.35. The Kier molecular flexibility index (Phi) is 7.53. The summed E-state index contributed by atoms with van der Waals surface area (Å²) in [6, 6.07) is 15.2. The molecule has 1 aromatic heterocycles. The molecule has 0 aliphatic heterocycles. The molecule has 9 heteroatoms. The molecule has 0 bridgehead atoms. The van der Waals surface area contributed by atoms with E-state index in [0.29, 0.717) is 22.5 Å². The van der Waals surface area contributed by atoms with Gasteiger partial charge in [-0.1, -0.05) is 59.0 Å². The zero-order valence-corrected chi connectivity index (χ0v) is 17.5. The second kappa shape index (κ2) is 10.3. The lowest BCUT2D eigenvalue weighted by Crippen LogP contribution is -2.27. The van der Waals surface area contributed by atoms with E-state index in [0.717, 1.165) is 27.8 Å². The van der Waals surface area contributed by atoms with Crippen molar-refractivity contribution in [1.82, 2.24) is 15.5 Å².